The first-order valence-corrected chi connectivity index (χ1v) is 10.0. The minimum absolute atomic E-state index is 0.0857. The molecule has 0 saturated carbocycles. The number of nitrogens with zero attached hydrogens (tertiary/aromatic N) is 2. The van der Waals surface area contributed by atoms with E-state index in [0.717, 1.165) is 18.1 Å². The van der Waals surface area contributed by atoms with Gasteiger partial charge in [-0.15, -0.1) is 0 Å². The van der Waals surface area contributed by atoms with Gasteiger partial charge in [0.2, 0.25) is 5.91 Å². The van der Waals surface area contributed by atoms with Crippen LogP contribution in [0.4, 0.5) is 5.69 Å². The molecule has 1 aliphatic rings. The maximum atomic E-state index is 12.6. The number of methoxy groups -OCH3 is 1. The Hall–Kier alpha value is -3.95. The number of ether oxygens (including phenoxy) is 2. The molecule has 0 bridgehead atoms. The fraction of sp³-hybridized carbons (Fsp3) is 0.318. The smallest absolute Gasteiger partial charge is 0.282 e. The first-order valence-electron chi connectivity index (χ1n) is 10.0. The molecule has 10 heteroatoms. The molecule has 1 N–H and O–H groups in total. The summed E-state index contributed by atoms with van der Waals surface area (Å²) < 4.78 is 11.0. The largest absolute Gasteiger partial charge is 0.493 e. The number of nitrogens with one attached hydrogen (secondary N) is 1. The Morgan fingerprint density at radius 2 is 1.94 bits per heavy atom. The predicted molar refractivity (Wildman–Crippen MR) is 114 cm³/mol. The van der Waals surface area contributed by atoms with E-state index in [-0.39, 0.29) is 11.1 Å². The van der Waals surface area contributed by atoms with Crippen LogP contribution in [0.15, 0.2) is 36.4 Å². The first-order chi connectivity index (χ1) is 15.3. The van der Waals surface area contributed by atoms with Gasteiger partial charge in [-0.3, -0.25) is 29.4 Å². The van der Waals surface area contributed by atoms with Gasteiger partial charge in [0, 0.05) is 6.07 Å². The Morgan fingerprint density at radius 1 is 1.19 bits per heavy atom. The number of nitro benzene ring substituents is 1. The maximum absolute atomic E-state index is 12.6. The third-order valence-electron chi connectivity index (χ3n) is 5.00. The molecule has 0 radical (unpaired) electrons. The lowest BCUT2D eigenvalue weighted by Crippen LogP contribution is -2.41. The molecule has 2 aromatic rings. The number of hydrogen-bond acceptors (Lipinski definition) is 7. The minimum atomic E-state index is -0.862. The third-order valence-corrected chi connectivity index (χ3v) is 5.00. The topological polar surface area (TPSA) is 128 Å². The molecule has 10 nitrogen and oxygen atoms in total. The molecule has 0 aliphatic carbocycles. The molecule has 0 spiro atoms. The molecular weight excluding hydrogens is 418 g/mol. The number of carbonyl (C=O) groups excluding carboxylic acids is 3. The highest BCUT2D eigenvalue weighted by atomic mass is 16.6. The van der Waals surface area contributed by atoms with Crippen LogP contribution in [-0.2, 0) is 4.79 Å². The summed E-state index contributed by atoms with van der Waals surface area (Å²) in [4.78, 5) is 48.9. The van der Waals surface area contributed by atoms with Gasteiger partial charge in [-0.25, -0.2) is 0 Å². The van der Waals surface area contributed by atoms with Crippen molar-refractivity contribution in [3.05, 3.63) is 63.2 Å². The van der Waals surface area contributed by atoms with E-state index in [4.69, 9.17) is 9.47 Å². The summed E-state index contributed by atoms with van der Waals surface area (Å²) in [5.41, 5.74) is -0.111. The normalized spacial score (nSPS) is 13.5. The molecule has 168 valence electrons. The van der Waals surface area contributed by atoms with Gasteiger partial charge >= 0.3 is 0 Å². The Kier molecular flexibility index (Phi) is 6.72. The summed E-state index contributed by atoms with van der Waals surface area (Å²) in [7, 11) is 1.52. The van der Waals surface area contributed by atoms with Gasteiger partial charge in [-0.05, 0) is 37.1 Å². The van der Waals surface area contributed by atoms with Crippen LogP contribution in [0.2, 0.25) is 0 Å². The van der Waals surface area contributed by atoms with Crippen LogP contribution in [-0.4, -0.2) is 47.8 Å². The molecule has 0 fully saturated rings. The van der Waals surface area contributed by atoms with E-state index in [2.05, 4.69) is 5.32 Å². The van der Waals surface area contributed by atoms with Crippen molar-refractivity contribution in [3.8, 4) is 11.5 Å². The summed E-state index contributed by atoms with van der Waals surface area (Å²) in [5, 5.41) is 13.9. The lowest BCUT2D eigenvalue weighted by molar-refractivity contribution is -0.385. The van der Waals surface area contributed by atoms with Crippen LogP contribution in [0.1, 0.15) is 52.6 Å². The van der Waals surface area contributed by atoms with Gasteiger partial charge in [0.1, 0.15) is 12.1 Å². The van der Waals surface area contributed by atoms with Crippen molar-refractivity contribution in [2.24, 2.45) is 0 Å². The molecule has 0 saturated heterocycles. The van der Waals surface area contributed by atoms with Gasteiger partial charge in [0.05, 0.1) is 30.2 Å². The summed E-state index contributed by atoms with van der Waals surface area (Å²) in [6, 6.07) is 8.62. The highest BCUT2D eigenvalue weighted by Crippen LogP contribution is 2.32. The number of nitro groups is 1. The average molecular weight is 441 g/mol. The number of amides is 3. The fourth-order valence-corrected chi connectivity index (χ4v) is 3.41. The summed E-state index contributed by atoms with van der Waals surface area (Å²) >= 11 is 0. The van der Waals surface area contributed by atoms with Crippen molar-refractivity contribution < 1.29 is 28.8 Å². The van der Waals surface area contributed by atoms with Crippen LogP contribution < -0.4 is 14.8 Å². The van der Waals surface area contributed by atoms with Crippen molar-refractivity contribution in [2.45, 2.75) is 26.3 Å². The van der Waals surface area contributed by atoms with Crippen LogP contribution in [0, 0.1) is 10.1 Å². The van der Waals surface area contributed by atoms with E-state index in [1.165, 1.54) is 19.2 Å². The Bertz CT molecular complexity index is 1080. The zero-order chi connectivity index (χ0) is 23.4. The highest BCUT2D eigenvalue weighted by Gasteiger charge is 2.41. The van der Waals surface area contributed by atoms with Gasteiger partial charge in [0.25, 0.3) is 17.5 Å². The second kappa shape index (κ2) is 9.46. The highest BCUT2D eigenvalue weighted by molar-refractivity contribution is 6.24. The Balaban J connectivity index is 1.71. The van der Waals surface area contributed by atoms with Crippen molar-refractivity contribution in [3.63, 3.8) is 0 Å². The summed E-state index contributed by atoms with van der Waals surface area (Å²) in [6.07, 6.45) is 0.846. The van der Waals surface area contributed by atoms with Crippen molar-refractivity contribution in [2.75, 3.05) is 20.3 Å². The SMILES string of the molecule is CCCOc1ccc(C(C)NC(=O)CN2C(=O)c3cccc([N+](=O)[O-])c3C2=O)cc1OC. The van der Waals surface area contributed by atoms with Gasteiger partial charge < -0.3 is 14.8 Å². The van der Waals surface area contributed by atoms with Crippen LogP contribution >= 0.6 is 0 Å². The van der Waals surface area contributed by atoms with E-state index in [9.17, 15) is 24.5 Å². The summed E-state index contributed by atoms with van der Waals surface area (Å²) in [5.74, 6) is -1.08. The lowest BCUT2D eigenvalue weighted by atomic mass is 10.1. The second-order valence-corrected chi connectivity index (χ2v) is 7.20. The average Bonchev–Trinajstić information content (AvgIpc) is 3.02. The summed E-state index contributed by atoms with van der Waals surface area (Å²) in [6.45, 7) is 3.72. The van der Waals surface area contributed by atoms with Crippen molar-refractivity contribution >= 4 is 23.4 Å². The molecular formula is C22H23N3O7. The monoisotopic (exact) mass is 441 g/mol. The van der Waals surface area contributed by atoms with Crippen LogP contribution in [0.3, 0.4) is 0 Å². The molecule has 2 aromatic carbocycles. The quantitative estimate of drug-likeness (QED) is 0.360. The molecule has 1 atom stereocenters. The van der Waals surface area contributed by atoms with E-state index < -0.39 is 40.9 Å². The van der Waals surface area contributed by atoms with Crippen LogP contribution in [0.25, 0.3) is 0 Å². The number of benzene rings is 2. The Morgan fingerprint density at radius 3 is 2.59 bits per heavy atom. The van der Waals surface area contributed by atoms with Gasteiger partial charge in [0.15, 0.2) is 11.5 Å². The van der Waals surface area contributed by atoms with Gasteiger partial charge in [-0.2, -0.15) is 0 Å². The van der Waals surface area contributed by atoms with Crippen molar-refractivity contribution in [1.29, 1.82) is 0 Å². The van der Waals surface area contributed by atoms with Crippen molar-refractivity contribution in [1.82, 2.24) is 10.2 Å². The molecule has 1 heterocycles. The van der Waals surface area contributed by atoms with Gasteiger partial charge in [-0.1, -0.05) is 19.1 Å². The lowest BCUT2D eigenvalue weighted by Gasteiger charge is -2.19. The number of hydrogen-bond donors (Lipinski definition) is 1. The molecule has 32 heavy (non-hydrogen) atoms. The van der Waals surface area contributed by atoms with E-state index >= 15 is 0 Å². The van der Waals surface area contributed by atoms with E-state index in [0.29, 0.717) is 23.0 Å². The molecule has 3 rings (SSSR count). The number of imide groups is 1. The predicted octanol–water partition coefficient (Wildman–Crippen LogP) is 2.87. The number of rotatable bonds is 9. The third kappa shape index (κ3) is 4.39. The fourth-order valence-electron chi connectivity index (χ4n) is 3.41. The maximum Gasteiger partial charge on any atom is 0.282 e. The minimum Gasteiger partial charge on any atom is -0.493 e. The molecule has 1 aliphatic heterocycles. The number of carbonyl (C=O) groups is 3. The molecule has 3 amide bonds. The second-order valence-electron chi connectivity index (χ2n) is 7.20. The zero-order valence-electron chi connectivity index (χ0n) is 17.9. The zero-order valence-corrected chi connectivity index (χ0v) is 17.9. The Labute approximate surface area is 184 Å². The van der Waals surface area contributed by atoms with E-state index in [1.54, 1.807) is 25.1 Å². The first kappa shape index (κ1) is 22.7. The van der Waals surface area contributed by atoms with E-state index in [1.807, 2.05) is 6.92 Å². The standard InChI is InChI=1S/C22H23N3O7/c1-4-10-32-17-9-8-14(11-18(17)31-3)13(2)23-19(26)12-24-21(27)15-6-5-7-16(25(29)30)20(15)22(24)28/h5-9,11,13H,4,10,12H2,1-3H3,(H,23,26). The van der Waals surface area contributed by atoms with Crippen LogP contribution in [0.5, 0.6) is 11.5 Å². The number of fused-ring (bicyclic) bond motifs is 1. The molecule has 1 unspecified atom stereocenters. The molecule has 0 aromatic heterocycles.